The molecule has 0 saturated heterocycles. The second-order valence-corrected chi connectivity index (χ2v) is 6.00. The molecule has 0 unspecified atom stereocenters. The van der Waals surface area contributed by atoms with Crippen LogP contribution in [-0.2, 0) is 13.1 Å². The first kappa shape index (κ1) is 18.2. The van der Waals surface area contributed by atoms with Crippen LogP contribution in [0.5, 0.6) is 0 Å². The number of carbonyl (C=O) groups is 1. The molecule has 3 rings (SSSR count). The summed E-state index contributed by atoms with van der Waals surface area (Å²) in [5.41, 5.74) is 7.25. The van der Waals surface area contributed by atoms with Gasteiger partial charge in [0.15, 0.2) is 11.7 Å². The van der Waals surface area contributed by atoms with E-state index in [4.69, 9.17) is 10.2 Å². The lowest BCUT2D eigenvalue weighted by Crippen LogP contribution is -2.38. The van der Waals surface area contributed by atoms with Gasteiger partial charge in [0.1, 0.15) is 11.6 Å². The van der Waals surface area contributed by atoms with Crippen molar-refractivity contribution in [3.05, 3.63) is 66.0 Å². The molecule has 0 spiro atoms. The molecule has 1 aromatic carbocycles. The predicted octanol–water partition coefficient (Wildman–Crippen LogP) is 1.98. The van der Waals surface area contributed by atoms with Gasteiger partial charge in [-0.3, -0.25) is 9.79 Å². The summed E-state index contributed by atoms with van der Waals surface area (Å²) in [7, 11) is 3.62. The molecule has 4 N–H and O–H groups in total. The highest BCUT2D eigenvalue weighted by Gasteiger charge is 2.12. The number of aromatic amines is 1. The maximum absolute atomic E-state index is 11.1. The molecule has 0 radical (unpaired) electrons. The molecular weight excluding hydrogens is 344 g/mol. The average Bonchev–Trinajstić information content (AvgIpc) is 3.33. The normalized spacial score (nSPS) is 11.4. The van der Waals surface area contributed by atoms with Crippen molar-refractivity contribution in [1.82, 2.24) is 20.2 Å². The van der Waals surface area contributed by atoms with Gasteiger partial charge >= 0.3 is 0 Å². The fourth-order valence-corrected chi connectivity index (χ4v) is 2.66. The van der Waals surface area contributed by atoms with Crippen LogP contribution in [-0.4, -0.2) is 40.8 Å². The summed E-state index contributed by atoms with van der Waals surface area (Å²) in [6.07, 6.45) is 1.82. The molecule has 0 bridgehead atoms. The average molecular weight is 366 g/mol. The van der Waals surface area contributed by atoms with Gasteiger partial charge in [0, 0.05) is 14.1 Å². The van der Waals surface area contributed by atoms with Crippen molar-refractivity contribution in [1.29, 1.82) is 0 Å². The van der Waals surface area contributed by atoms with Crippen LogP contribution < -0.4 is 11.1 Å². The zero-order valence-corrected chi connectivity index (χ0v) is 15.3. The molecule has 140 valence electrons. The minimum atomic E-state index is -0.588. The van der Waals surface area contributed by atoms with Crippen molar-refractivity contribution >= 4 is 11.9 Å². The lowest BCUT2D eigenvalue weighted by atomic mass is 10.2. The lowest BCUT2D eigenvalue weighted by molar-refractivity contribution is 0.0972. The highest BCUT2D eigenvalue weighted by molar-refractivity contribution is 5.89. The molecule has 8 nitrogen and oxygen atoms in total. The number of aromatic nitrogens is 2. The van der Waals surface area contributed by atoms with Crippen molar-refractivity contribution in [3.63, 3.8) is 0 Å². The molecule has 0 fully saturated rings. The van der Waals surface area contributed by atoms with Crippen LogP contribution in [0.25, 0.3) is 11.3 Å². The number of nitrogens with zero attached hydrogens (tertiary/aromatic N) is 3. The molecule has 0 atom stereocenters. The Hall–Kier alpha value is -3.55. The zero-order chi connectivity index (χ0) is 19.2. The van der Waals surface area contributed by atoms with E-state index in [0.29, 0.717) is 24.8 Å². The van der Waals surface area contributed by atoms with Crippen molar-refractivity contribution in [2.75, 3.05) is 14.1 Å². The minimum absolute atomic E-state index is 0.138. The topological polar surface area (TPSA) is 113 Å². The lowest BCUT2D eigenvalue weighted by Gasteiger charge is -2.20. The maximum Gasteiger partial charge on any atom is 0.284 e. The number of primary amides is 1. The number of hydrogen-bond acceptors (Lipinski definition) is 4. The molecule has 8 heteroatoms. The standard InChI is InChI=1S/C19H22N6O2/c1-21-19(23-10-14-8-9-16(27-14)18(20)26)25(2)12-17-22-11-15(24-17)13-6-4-3-5-7-13/h3-9,11H,10,12H2,1-2H3,(H2,20,26)(H,21,23)(H,22,24). The Morgan fingerprint density at radius 2 is 2.07 bits per heavy atom. The van der Waals surface area contributed by atoms with Gasteiger partial charge in [-0.15, -0.1) is 0 Å². The van der Waals surface area contributed by atoms with Crippen LogP contribution in [0.2, 0.25) is 0 Å². The fraction of sp³-hybridized carbons (Fsp3) is 0.211. The number of amides is 1. The number of guanidine groups is 1. The Balaban J connectivity index is 1.59. The Labute approximate surface area is 157 Å². The van der Waals surface area contributed by atoms with E-state index in [-0.39, 0.29) is 5.76 Å². The highest BCUT2D eigenvalue weighted by Crippen LogP contribution is 2.16. The summed E-state index contributed by atoms with van der Waals surface area (Å²) in [6.45, 7) is 0.939. The number of imidazole rings is 1. The third kappa shape index (κ3) is 4.55. The summed E-state index contributed by atoms with van der Waals surface area (Å²) < 4.78 is 5.36. The van der Waals surface area contributed by atoms with Crippen LogP contribution in [0, 0.1) is 0 Å². The van der Waals surface area contributed by atoms with Crippen LogP contribution in [0.15, 0.2) is 58.1 Å². The summed E-state index contributed by atoms with van der Waals surface area (Å²) in [6, 6.07) is 13.3. The Morgan fingerprint density at radius 3 is 2.74 bits per heavy atom. The van der Waals surface area contributed by atoms with E-state index in [1.165, 1.54) is 0 Å². The number of carbonyl (C=O) groups excluding carboxylic acids is 1. The predicted molar refractivity (Wildman–Crippen MR) is 103 cm³/mol. The zero-order valence-electron chi connectivity index (χ0n) is 15.3. The minimum Gasteiger partial charge on any atom is -0.454 e. The largest absolute Gasteiger partial charge is 0.454 e. The number of aliphatic imine (C=N–C) groups is 1. The van der Waals surface area contributed by atoms with Crippen molar-refractivity contribution < 1.29 is 9.21 Å². The molecule has 2 heterocycles. The fourth-order valence-electron chi connectivity index (χ4n) is 2.66. The molecule has 0 saturated carbocycles. The van der Waals surface area contributed by atoms with Gasteiger partial charge in [-0.2, -0.15) is 0 Å². The van der Waals surface area contributed by atoms with E-state index in [2.05, 4.69) is 20.3 Å². The number of benzene rings is 1. The highest BCUT2D eigenvalue weighted by atomic mass is 16.3. The molecule has 0 aliphatic carbocycles. The van der Waals surface area contributed by atoms with Crippen molar-refractivity contribution in [2.24, 2.45) is 10.7 Å². The number of hydrogen-bond donors (Lipinski definition) is 3. The second kappa shape index (κ2) is 8.22. The quantitative estimate of drug-likeness (QED) is 0.456. The number of nitrogens with one attached hydrogen (secondary N) is 2. The van der Waals surface area contributed by atoms with Crippen LogP contribution in [0.4, 0.5) is 0 Å². The molecule has 0 aliphatic rings. The third-order valence-corrected chi connectivity index (χ3v) is 4.00. The van der Waals surface area contributed by atoms with Crippen LogP contribution >= 0.6 is 0 Å². The molecule has 1 amide bonds. The van der Waals surface area contributed by atoms with Crippen LogP contribution in [0.1, 0.15) is 22.1 Å². The Bertz CT molecular complexity index is 929. The number of rotatable bonds is 6. The summed E-state index contributed by atoms with van der Waals surface area (Å²) in [5.74, 6) is 1.65. The SMILES string of the molecule is CN=C(NCc1ccc(C(N)=O)o1)N(C)Cc1ncc(-c2ccccc2)[nH]1. The Morgan fingerprint density at radius 1 is 1.30 bits per heavy atom. The first-order valence-electron chi connectivity index (χ1n) is 8.46. The van der Waals surface area contributed by atoms with E-state index in [9.17, 15) is 4.79 Å². The summed E-state index contributed by atoms with van der Waals surface area (Å²) in [4.78, 5) is 25.1. The van der Waals surface area contributed by atoms with E-state index in [0.717, 1.165) is 17.1 Å². The molecule has 2 aromatic heterocycles. The van der Waals surface area contributed by atoms with Gasteiger partial charge in [-0.05, 0) is 17.7 Å². The summed E-state index contributed by atoms with van der Waals surface area (Å²) >= 11 is 0. The monoisotopic (exact) mass is 366 g/mol. The number of H-pyrrole nitrogens is 1. The number of nitrogens with two attached hydrogens (primary N) is 1. The molecule has 0 aliphatic heterocycles. The Kier molecular flexibility index (Phi) is 5.55. The molecule has 27 heavy (non-hydrogen) atoms. The van der Waals surface area contributed by atoms with Crippen molar-refractivity contribution in [3.8, 4) is 11.3 Å². The second-order valence-electron chi connectivity index (χ2n) is 6.00. The first-order chi connectivity index (χ1) is 13.1. The maximum atomic E-state index is 11.1. The molecular formula is C19H22N6O2. The van der Waals surface area contributed by atoms with E-state index < -0.39 is 5.91 Å². The van der Waals surface area contributed by atoms with Gasteiger partial charge in [0.25, 0.3) is 5.91 Å². The van der Waals surface area contributed by atoms with Gasteiger partial charge in [0.2, 0.25) is 0 Å². The first-order valence-corrected chi connectivity index (χ1v) is 8.46. The van der Waals surface area contributed by atoms with E-state index >= 15 is 0 Å². The smallest absolute Gasteiger partial charge is 0.284 e. The van der Waals surface area contributed by atoms with Gasteiger partial charge < -0.3 is 25.4 Å². The van der Waals surface area contributed by atoms with E-state index in [1.54, 1.807) is 19.2 Å². The van der Waals surface area contributed by atoms with Crippen molar-refractivity contribution in [2.45, 2.75) is 13.1 Å². The van der Waals surface area contributed by atoms with Gasteiger partial charge in [0.05, 0.1) is 25.0 Å². The van der Waals surface area contributed by atoms with E-state index in [1.807, 2.05) is 48.5 Å². The van der Waals surface area contributed by atoms with Gasteiger partial charge in [-0.1, -0.05) is 30.3 Å². The van der Waals surface area contributed by atoms with Gasteiger partial charge in [-0.25, -0.2) is 4.98 Å². The third-order valence-electron chi connectivity index (χ3n) is 4.00. The number of furan rings is 1. The summed E-state index contributed by atoms with van der Waals surface area (Å²) in [5, 5.41) is 3.18. The van der Waals surface area contributed by atoms with Crippen LogP contribution in [0.3, 0.4) is 0 Å². The molecule has 3 aromatic rings.